The van der Waals surface area contributed by atoms with Gasteiger partial charge in [0.05, 0.1) is 5.69 Å². The number of unbranched alkanes of at least 4 members (excludes halogenated alkanes) is 1. The minimum atomic E-state index is 0. The number of nitrogens with zero attached hydrogens (tertiary/aromatic N) is 4. The molecule has 5 nitrogen and oxygen atoms in total. The van der Waals surface area contributed by atoms with Crippen molar-refractivity contribution in [3.63, 3.8) is 0 Å². The van der Waals surface area contributed by atoms with Gasteiger partial charge in [-0.1, -0.05) is 54.8 Å². The molecule has 0 saturated heterocycles. The van der Waals surface area contributed by atoms with Crippen molar-refractivity contribution in [2.45, 2.75) is 60.8 Å². The molecule has 0 atom stereocenters. The molecule has 7 aromatic rings. The molecule has 6 heteroatoms. The summed E-state index contributed by atoms with van der Waals surface area (Å²) in [5.74, 6) is 2.09. The van der Waals surface area contributed by atoms with Gasteiger partial charge in [0.15, 0.2) is 0 Å². The fourth-order valence-corrected chi connectivity index (χ4v) is 6.80. The van der Waals surface area contributed by atoms with Crippen LogP contribution in [-0.2, 0) is 27.5 Å². The summed E-state index contributed by atoms with van der Waals surface area (Å²) >= 11 is 0. The Labute approximate surface area is 291 Å². The zero-order chi connectivity index (χ0) is 31.9. The van der Waals surface area contributed by atoms with Crippen LogP contribution in [0.15, 0.2) is 85.1 Å². The molecule has 0 N–H and O–H groups in total. The van der Waals surface area contributed by atoms with Gasteiger partial charge in [0, 0.05) is 34.5 Å². The molecular formula is C41H38N4OPt. The van der Waals surface area contributed by atoms with Gasteiger partial charge in [0.25, 0.3) is 0 Å². The van der Waals surface area contributed by atoms with Gasteiger partial charge in [0.1, 0.15) is 5.82 Å². The summed E-state index contributed by atoms with van der Waals surface area (Å²) in [6, 6.07) is 34.2. The molecule has 3 aromatic heterocycles. The Morgan fingerprint density at radius 2 is 1.51 bits per heavy atom. The van der Waals surface area contributed by atoms with Crippen LogP contribution in [0.5, 0.6) is 11.5 Å². The molecule has 0 saturated carbocycles. The number of rotatable bonds is 8. The molecule has 238 valence electrons. The minimum absolute atomic E-state index is 0. The Kier molecular flexibility index (Phi) is 9.21. The van der Waals surface area contributed by atoms with Gasteiger partial charge in [-0.15, -0.1) is 35.7 Å². The average molecular weight is 798 g/mol. The van der Waals surface area contributed by atoms with Gasteiger partial charge in [-0.05, 0) is 99.0 Å². The number of hydrogen-bond acceptors (Lipinski definition) is 3. The normalized spacial score (nSPS) is 11.3. The first kappa shape index (κ1) is 32.5. The summed E-state index contributed by atoms with van der Waals surface area (Å²) in [4.78, 5) is 4.70. The van der Waals surface area contributed by atoms with Gasteiger partial charge in [0.2, 0.25) is 0 Å². The summed E-state index contributed by atoms with van der Waals surface area (Å²) in [6.45, 7) is 13.0. The second-order valence-corrected chi connectivity index (χ2v) is 12.3. The van der Waals surface area contributed by atoms with Crippen LogP contribution in [0.25, 0.3) is 44.4 Å². The maximum atomic E-state index is 6.47. The fraction of sp³-hybridized carbons (Fsp3) is 0.220. The van der Waals surface area contributed by atoms with Crippen LogP contribution in [-0.4, -0.2) is 19.3 Å². The third-order valence-corrected chi connectivity index (χ3v) is 8.74. The molecule has 0 aliphatic heterocycles. The molecule has 0 amide bonds. The van der Waals surface area contributed by atoms with Crippen molar-refractivity contribution in [3.05, 3.63) is 131 Å². The maximum Gasteiger partial charge on any atom is 2.00 e. The third-order valence-electron chi connectivity index (χ3n) is 8.74. The molecule has 0 aliphatic carbocycles. The summed E-state index contributed by atoms with van der Waals surface area (Å²) in [5.41, 5.74) is 12.6. The van der Waals surface area contributed by atoms with Crippen molar-refractivity contribution in [2.24, 2.45) is 0 Å². The van der Waals surface area contributed by atoms with E-state index < -0.39 is 0 Å². The number of benzene rings is 4. The quantitative estimate of drug-likeness (QED) is 0.144. The van der Waals surface area contributed by atoms with E-state index in [1.54, 1.807) is 0 Å². The first-order valence-corrected chi connectivity index (χ1v) is 16.1. The topological polar surface area (TPSA) is 44.9 Å². The molecular weight excluding hydrogens is 760 g/mol. The molecule has 0 bridgehead atoms. The predicted octanol–water partition coefficient (Wildman–Crippen LogP) is 10.3. The van der Waals surface area contributed by atoms with Crippen molar-refractivity contribution in [1.82, 2.24) is 19.3 Å². The molecule has 7 rings (SSSR count). The van der Waals surface area contributed by atoms with Crippen LogP contribution >= 0.6 is 0 Å². The van der Waals surface area contributed by atoms with E-state index in [0.717, 1.165) is 63.8 Å². The smallest absolute Gasteiger partial charge is 0.509 e. The van der Waals surface area contributed by atoms with Crippen LogP contribution in [0.3, 0.4) is 0 Å². The van der Waals surface area contributed by atoms with E-state index in [2.05, 4.69) is 118 Å². The van der Waals surface area contributed by atoms with Crippen LogP contribution in [0.1, 0.15) is 53.4 Å². The van der Waals surface area contributed by atoms with E-state index in [-0.39, 0.29) is 21.1 Å². The van der Waals surface area contributed by atoms with Crippen LogP contribution in [0.2, 0.25) is 0 Å². The number of ether oxygens (including phenoxy) is 1. The number of pyridine rings is 1. The van der Waals surface area contributed by atoms with Crippen LogP contribution in [0.4, 0.5) is 0 Å². The van der Waals surface area contributed by atoms with E-state index in [9.17, 15) is 0 Å². The van der Waals surface area contributed by atoms with Crippen molar-refractivity contribution >= 4 is 21.8 Å². The van der Waals surface area contributed by atoms with Gasteiger partial charge in [-0.3, -0.25) is 4.68 Å². The zero-order valence-corrected chi connectivity index (χ0v) is 30.0. The summed E-state index contributed by atoms with van der Waals surface area (Å²) in [5, 5.41) is 7.35. The molecule has 0 spiro atoms. The van der Waals surface area contributed by atoms with Gasteiger partial charge < -0.3 is 9.30 Å². The second-order valence-electron chi connectivity index (χ2n) is 12.3. The van der Waals surface area contributed by atoms with Crippen molar-refractivity contribution in [2.75, 3.05) is 0 Å². The average Bonchev–Trinajstić information content (AvgIpc) is 3.53. The molecule has 0 fully saturated rings. The first-order valence-electron chi connectivity index (χ1n) is 16.1. The first-order chi connectivity index (χ1) is 22.3. The van der Waals surface area contributed by atoms with Crippen LogP contribution < -0.4 is 4.74 Å². The number of aromatic nitrogens is 4. The molecule has 4 aromatic carbocycles. The number of fused-ring (bicyclic) bond motifs is 3. The summed E-state index contributed by atoms with van der Waals surface area (Å²) in [7, 11) is 0. The third kappa shape index (κ3) is 6.05. The fourth-order valence-electron chi connectivity index (χ4n) is 6.80. The molecule has 0 aliphatic rings. The predicted molar refractivity (Wildman–Crippen MR) is 188 cm³/mol. The minimum Gasteiger partial charge on any atom is -0.509 e. The van der Waals surface area contributed by atoms with E-state index >= 15 is 0 Å². The molecule has 3 heterocycles. The van der Waals surface area contributed by atoms with Crippen molar-refractivity contribution in [1.29, 1.82) is 0 Å². The van der Waals surface area contributed by atoms with Gasteiger partial charge >= 0.3 is 21.1 Å². The Morgan fingerprint density at radius 3 is 2.28 bits per heavy atom. The van der Waals surface area contributed by atoms with E-state index in [0.29, 0.717) is 11.5 Å². The van der Waals surface area contributed by atoms with E-state index in [4.69, 9.17) is 14.8 Å². The number of para-hydroxylation sites is 1. The molecule has 0 unspecified atom stereocenters. The standard InChI is InChI=1S/C41H38N4O.Pt/c1-7-8-15-37-41(40-28(4)21-27(3)22-29(40)5)30(6)43-45(37)31-12-11-13-32(24-31)46-33-17-18-35-34-14-9-10-16-36(34)44(38(35)25-33)39-23-26(2)19-20-42-39;/h9-14,16-23H,7-8,15H2,1-6H3;/q-2;+2. The number of aryl methyl sites for hydroxylation is 5. The van der Waals surface area contributed by atoms with Crippen molar-refractivity contribution in [3.8, 4) is 34.1 Å². The SMILES string of the molecule is CCCCc1c(-c2c(C)cc(C)cc2C)c(C)nn1-c1[c-]c(Oc2[c-]c3c(cc2)c2ccccc2n3-c2cc(C)ccn2)ccc1.[Pt+2]. The molecule has 0 radical (unpaired) electrons. The van der Waals surface area contributed by atoms with Gasteiger partial charge in [-0.2, -0.15) is 17.2 Å². The summed E-state index contributed by atoms with van der Waals surface area (Å²) < 4.78 is 10.7. The monoisotopic (exact) mass is 797 g/mol. The zero-order valence-electron chi connectivity index (χ0n) is 27.7. The van der Waals surface area contributed by atoms with Gasteiger partial charge in [-0.25, -0.2) is 4.98 Å². The Hall–Kier alpha value is -4.47. The van der Waals surface area contributed by atoms with Crippen LogP contribution in [0, 0.1) is 46.8 Å². The Bertz CT molecular complexity index is 2220. The number of hydrogen-bond donors (Lipinski definition) is 0. The largest absolute Gasteiger partial charge is 2.00 e. The van der Waals surface area contributed by atoms with Crippen molar-refractivity contribution < 1.29 is 25.8 Å². The Morgan fingerprint density at radius 1 is 0.745 bits per heavy atom. The van der Waals surface area contributed by atoms with E-state index in [1.807, 2.05) is 30.5 Å². The maximum absolute atomic E-state index is 6.47. The molecule has 47 heavy (non-hydrogen) atoms. The summed E-state index contributed by atoms with van der Waals surface area (Å²) in [6.07, 6.45) is 4.97. The Balaban J connectivity index is 0.00000386. The van der Waals surface area contributed by atoms with E-state index in [1.165, 1.54) is 33.5 Å². The second kappa shape index (κ2) is 13.3.